The van der Waals surface area contributed by atoms with Crippen LogP contribution in [0.5, 0.6) is 5.75 Å². The lowest BCUT2D eigenvalue weighted by molar-refractivity contribution is 0.242. The summed E-state index contributed by atoms with van der Waals surface area (Å²) in [6.45, 7) is 8.16. The van der Waals surface area contributed by atoms with Crippen LogP contribution >= 0.6 is 0 Å². The zero-order valence-corrected chi connectivity index (χ0v) is 15.6. The predicted octanol–water partition coefficient (Wildman–Crippen LogP) is 5.37. The van der Waals surface area contributed by atoms with Gasteiger partial charge in [0.25, 0.3) is 0 Å². The van der Waals surface area contributed by atoms with Crippen molar-refractivity contribution in [3.63, 3.8) is 0 Å². The molecule has 1 aromatic heterocycles. The molecule has 0 radical (unpaired) electrons. The highest BCUT2D eigenvalue weighted by molar-refractivity contribution is 5.64. The van der Waals surface area contributed by atoms with Gasteiger partial charge in [0.1, 0.15) is 11.6 Å². The molecule has 0 bridgehead atoms. The highest BCUT2D eigenvalue weighted by Gasteiger charge is 2.06. The summed E-state index contributed by atoms with van der Waals surface area (Å²) >= 11 is 0. The first-order chi connectivity index (χ1) is 12.5. The normalized spacial score (nSPS) is 10.7. The SMILES string of the molecule is Cc1cccc(C)c1Nc1nccc(Nc2ccc(OC(C)C)cc2)n1. The second kappa shape index (κ2) is 7.87. The Morgan fingerprint density at radius 3 is 2.23 bits per heavy atom. The number of ether oxygens (including phenoxy) is 1. The van der Waals surface area contributed by atoms with E-state index in [2.05, 4.69) is 46.6 Å². The van der Waals surface area contributed by atoms with Crippen LogP contribution in [0.1, 0.15) is 25.0 Å². The first kappa shape index (κ1) is 17.7. The van der Waals surface area contributed by atoms with Crippen molar-refractivity contribution in [2.24, 2.45) is 0 Å². The van der Waals surface area contributed by atoms with Crippen LogP contribution < -0.4 is 15.4 Å². The van der Waals surface area contributed by atoms with Crippen molar-refractivity contribution >= 4 is 23.1 Å². The maximum atomic E-state index is 5.66. The Hall–Kier alpha value is -3.08. The summed E-state index contributed by atoms with van der Waals surface area (Å²) in [6.07, 6.45) is 1.90. The molecule has 0 spiro atoms. The maximum Gasteiger partial charge on any atom is 0.229 e. The highest BCUT2D eigenvalue weighted by Crippen LogP contribution is 2.24. The van der Waals surface area contributed by atoms with Crippen molar-refractivity contribution in [3.05, 3.63) is 65.9 Å². The fourth-order valence-corrected chi connectivity index (χ4v) is 2.65. The molecule has 5 nitrogen and oxygen atoms in total. The van der Waals surface area contributed by atoms with Crippen LogP contribution in [0.3, 0.4) is 0 Å². The molecule has 0 unspecified atom stereocenters. The topological polar surface area (TPSA) is 59.1 Å². The van der Waals surface area contributed by atoms with Crippen LogP contribution in [0.25, 0.3) is 0 Å². The van der Waals surface area contributed by atoms with Gasteiger partial charge in [0.2, 0.25) is 5.95 Å². The number of hydrogen-bond acceptors (Lipinski definition) is 5. The van der Waals surface area contributed by atoms with E-state index in [-0.39, 0.29) is 6.10 Å². The first-order valence-electron chi connectivity index (χ1n) is 8.71. The molecular weight excluding hydrogens is 324 g/mol. The van der Waals surface area contributed by atoms with Gasteiger partial charge >= 0.3 is 0 Å². The molecule has 5 heteroatoms. The van der Waals surface area contributed by atoms with Crippen molar-refractivity contribution < 1.29 is 4.74 Å². The van der Waals surface area contributed by atoms with Crippen molar-refractivity contribution in [1.82, 2.24) is 9.97 Å². The Bertz CT molecular complexity index is 855. The molecule has 3 rings (SSSR count). The fraction of sp³-hybridized carbons (Fsp3) is 0.238. The molecule has 0 saturated carbocycles. The summed E-state index contributed by atoms with van der Waals surface area (Å²) in [4.78, 5) is 8.87. The van der Waals surface area contributed by atoms with Gasteiger partial charge in [0, 0.05) is 17.6 Å². The number of nitrogens with zero attached hydrogens (tertiary/aromatic N) is 2. The van der Waals surface area contributed by atoms with E-state index < -0.39 is 0 Å². The van der Waals surface area contributed by atoms with Crippen LogP contribution in [0.15, 0.2) is 54.7 Å². The second-order valence-corrected chi connectivity index (χ2v) is 6.47. The number of aryl methyl sites for hydroxylation is 2. The third-order valence-electron chi connectivity index (χ3n) is 3.87. The van der Waals surface area contributed by atoms with Crippen molar-refractivity contribution in [2.45, 2.75) is 33.8 Å². The minimum Gasteiger partial charge on any atom is -0.491 e. The van der Waals surface area contributed by atoms with E-state index >= 15 is 0 Å². The van der Waals surface area contributed by atoms with E-state index in [4.69, 9.17) is 4.74 Å². The van der Waals surface area contributed by atoms with Crippen LogP contribution in [-0.2, 0) is 0 Å². The third-order valence-corrected chi connectivity index (χ3v) is 3.87. The van der Waals surface area contributed by atoms with Gasteiger partial charge in [-0.3, -0.25) is 0 Å². The summed E-state index contributed by atoms with van der Waals surface area (Å²) in [7, 11) is 0. The van der Waals surface area contributed by atoms with E-state index in [1.165, 1.54) is 0 Å². The molecular formula is C21H24N4O. The molecule has 0 amide bonds. The minimum absolute atomic E-state index is 0.161. The molecule has 0 saturated heterocycles. The molecule has 0 atom stereocenters. The molecule has 1 heterocycles. The van der Waals surface area contributed by atoms with E-state index in [1.54, 1.807) is 6.20 Å². The number of rotatable bonds is 6. The quantitative estimate of drug-likeness (QED) is 0.627. The monoisotopic (exact) mass is 348 g/mol. The minimum atomic E-state index is 0.161. The van der Waals surface area contributed by atoms with Gasteiger partial charge < -0.3 is 15.4 Å². The second-order valence-electron chi connectivity index (χ2n) is 6.47. The van der Waals surface area contributed by atoms with E-state index in [0.29, 0.717) is 5.95 Å². The molecule has 2 N–H and O–H groups in total. The van der Waals surface area contributed by atoms with Crippen LogP contribution in [0.4, 0.5) is 23.1 Å². The largest absolute Gasteiger partial charge is 0.491 e. The Balaban J connectivity index is 1.73. The van der Waals surface area contributed by atoms with Gasteiger partial charge in [-0.15, -0.1) is 0 Å². The average Bonchev–Trinajstić information content (AvgIpc) is 2.60. The van der Waals surface area contributed by atoms with Gasteiger partial charge in [-0.1, -0.05) is 18.2 Å². The standard InChI is InChI=1S/C21H24N4O/c1-14(2)26-18-10-8-17(9-11-18)23-19-12-13-22-21(24-19)25-20-15(3)6-5-7-16(20)4/h5-14H,1-4H3,(H2,22,23,24,25). The number of nitrogens with one attached hydrogen (secondary N) is 2. The van der Waals surface area contributed by atoms with Gasteiger partial charge in [0.05, 0.1) is 6.10 Å². The van der Waals surface area contributed by atoms with Crippen molar-refractivity contribution in [3.8, 4) is 5.75 Å². The highest BCUT2D eigenvalue weighted by atomic mass is 16.5. The number of hydrogen-bond donors (Lipinski definition) is 2. The summed E-state index contributed by atoms with van der Waals surface area (Å²) < 4.78 is 5.66. The summed E-state index contributed by atoms with van der Waals surface area (Å²) in [5.41, 5.74) is 4.30. The van der Waals surface area contributed by atoms with Crippen LogP contribution in [0, 0.1) is 13.8 Å². The zero-order valence-electron chi connectivity index (χ0n) is 15.6. The Labute approximate surface area is 154 Å². The summed E-state index contributed by atoms with van der Waals surface area (Å²) in [5.74, 6) is 2.14. The van der Waals surface area contributed by atoms with Crippen LogP contribution in [0.2, 0.25) is 0 Å². The lowest BCUT2D eigenvalue weighted by Gasteiger charge is -2.13. The van der Waals surface area contributed by atoms with Gasteiger partial charge in [-0.2, -0.15) is 4.98 Å². The number of aromatic nitrogens is 2. The lowest BCUT2D eigenvalue weighted by Crippen LogP contribution is -2.05. The Kier molecular flexibility index (Phi) is 5.37. The molecule has 2 aromatic carbocycles. The lowest BCUT2D eigenvalue weighted by atomic mass is 10.1. The molecule has 0 aliphatic rings. The van der Waals surface area contributed by atoms with Crippen LogP contribution in [-0.4, -0.2) is 16.1 Å². The molecule has 134 valence electrons. The fourth-order valence-electron chi connectivity index (χ4n) is 2.65. The Morgan fingerprint density at radius 1 is 0.885 bits per heavy atom. The number of benzene rings is 2. The van der Waals surface area contributed by atoms with E-state index in [0.717, 1.165) is 34.1 Å². The Morgan fingerprint density at radius 2 is 1.58 bits per heavy atom. The van der Waals surface area contributed by atoms with Crippen molar-refractivity contribution in [1.29, 1.82) is 0 Å². The first-order valence-corrected chi connectivity index (χ1v) is 8.71. The molecule has 26 heavy (non-hydrogen) atoms. The van der Waals surface area contributed by atoms with E-state index in [1.807, 2.05) is 50.2 Å². The molecule has 3 aromatic rings. The average molecular weight is 348 g/mol. The smallest absolute Gasteiger partial charge is 0.229 e. The molecule has 0 fully saturated rings. The van der Waals surface area contributed by atoms with Gasteiger partial charge in [0.15, 0.2) is 0 Å². The summed E-state index contributed by atoms with van der Waals surface area (Å²) in [6, 6.07) is 15.8. The van der Waals surface area contributed by atoms with Gasteiger partial charge in [-0.05, 0) is 69.2 Å². The third kappa shape index (κ3) is 4.51. The zero-order chi connectivity index (χ0) is 18.5. The number of para-hydroxylation sites is 1. The van der Waals surface area contributed by atoms with Gasteiger partial charge in [-0.25, -0.2) is 4.98 Å². The number of anilines is 4. The summed E-state index contributed by atoms with van der Waals surface area (Å²) in [5, 5.41) is 6.61. The van der Waals surface area contributed by atoms with Crippen molar-refractivity contribution in [2.75, 3.05) is 10.6 Å². The molecule has 0 aliphatic carbocycles. The van der Waals surface area contributed by atoms with E-state index in [9.17, 15) is 0 Å². The molecule has 0 aliphatic heterocycles. The predicted molar refractivity (Wildman–Crippen MR) is 107 cm³/mol. The maximum absolute atomic E-state index is 5.66.